The number of carboxylic acids is 1. The van der Waals surface area contributed by atoms with Crippen molar-refractivity contribution in [1.82, 2.24) is 9.55 Å². The maximum absolute atomic E-state index is 12.7. The number of nitrogens with zero attached hydrogens (tertiary/aromatic N) is 2. The second kappa shape index (κ2) is 7.82. The van der Waals surface area contributed by atoms with Crippen LogP contribution in [-0.2, 0) is 4.79 Å². The number of benzene rings is 2. The fourth-order valence-electron chi connectivity index (χ4n) is 3.10. The summed E-state index contributed by atoms with van der Waals surface area (Å²) in [5.41, 5.74) is 2.60. The third-order valence-electron chi connectivity index (χ3n) is 4.38. The largest absolute Gasteiger partial charge is 0.478 e. The number of fused-ring (bicyclic) bond motifs is 1. The van der Waals surface area contributed by atoms with Gasteiger partial charge in [-0.3, -0.25) is 14.3 Å². The summed E-state index contributed by atoms with van der Waals surface area (Å²) in [6, 6.07) is 22.4. The van der Waals surface area contributed by atoms with Crippen molar-refractivity contribution in [1.29, 1.82) is 0 Å². The summed E-state index contributed by atoms with van der Waals surface area (Å²) in [7, 11) is 0. The van der Waals surface area contributed by atoms with Crippen LogP contribution >= 0.6 is 0 Å². The Kier molecular flexibility index (Phi) is 4.90. The van der Waals surface area contributed by atoms with Crippen LogP contribution in [0.4, 0.5) is 11.5 Å². The number of carbonyl (C=O) groups is 1. The van der Waals surface area contributed by atoms with E-state index in [4.69, 9.17) is 5.11 Å². The second-order valence-corrected chi connectivity index (χ2v) is 6.35. The van der Waals surface area contributed by atoms with Gasteiger partial charge in [-0.05, 0) is 36.4 Å². The van der Waals surface area contributed by atoms with Crippen molar-refractivity contribution in [2.45, 2.75) is 0 Å². The zero-order valence-corrected chi connectivity index (χ0v) is 15.3. The van der Waals surface area contributed by atoms with Gasteiger partial charge in [0.1, 0.15) is 5.82 Å². The number of aliphatic carboxylic acids is 1. The van der Waals surface area contributed by atoms with E-state index < -0.39 is 5.97 Å². The first kappa shape index (κ1) is 18.2. The fraction of sp³-hybridized carbons (Fsp3) is 0. The van der Waals surface area contributed by atoms with E-state index in [2.05, 4.69) is 10.3 Å². The van der Waals surface area contributed by atoms with Crippen molar-refractivity contribution >= 4 is 34.5 Å². The third kappa shape index (κ3) is 3.91. The molecule has 4 aromatic rings. The van der Waals surface area contributed by atoms with Gasteiger partial charge in [0.05, 0.1) is 16.6 Å². The summed E-state index contributed by atoms with van der Waals surface area (Å²) in [5, 5.41) is 12.6. The van der Waals surface area contributed by atoms with Crippen LogP contribution in [0.15, 0.2) is 89.9 Å². The molecule has 0 saturated carbocycles. The highest BCUT2D eigenvalue weighted by molar-refractivity contribution is 5.88. The van der Waals surface area contributed by atoms with E-state index >= 15 is 0 Å². The Bertz CT molecular complexity index is 1260. The van der Waals surface area contributed by atoms with Gasteiger partial charge in [0.25, 0.3) is 0 Å². The van der Waals surface area contributed by atoms with Crippen molar-refractivity contribution in [3.63, 3.8) is 0 Å². The van der Waals surface area contributed by atoms with Crippen LogP contribution in [-0.4, -0.2) is 20.6 Å². The molecule has 0 fully saturated rings. The maximum atomic E-state index is 12.7. The van der Waals surface area contributed by atoms with Gasteiger partial charge in [0.2, 0.25) is 0 Å². The van der Waals surface area contributed by atoms with Crippen LogP contribution in [0.1, 0.15) is 5.69 Å². The first-order valence-corrected chi connectivity index (χ1v) is 8.96. The van der Waals surface area contributed by atoms with Crippen molar-refractivity contribution in [2.24, 2.45) is 0 Å². The number of anilines is 2. The van der Waals surface area contributed by atoms with Crippen molar-refractivity contribution < 1.29 is 9.90 Å². The minimum atomic E-state index is -1.06. The Morgan fingerprint density at radius 3 is 2.38 bits per heavy atom. The highest BCUT2D eigenvalue weighted by Crippen LogP contribution is 2.25. The summed E-state index contributed by atoms with van der Waals surface area (Å²) >= 11 is 0. The average molecular weight is 383 g/mol. The van der Waals surface area contributed by atoms with Gasteiger partial charge in [0.15, 0.2) is 5.43 Å². The van der Waals surface area contributed by atoms with Gasteiger partial charge < -0.3 is 10.4 Å². The minimum Gasteiger partial charge on any atom is -0.478 e. The molecule has 6 nitrogen and oxygen atoms in total. The fourth-order valence-corrected chi connectivity index (χ4v) is 3.10. The molecule has 0 unspecified atom stereocenters. The molecule has 2 aromatic carbocycles. The lowest BCUT2D eigenvalue weighted by atomic mass is 10.2. The summed E-state index contributed by atoms with van der Waals surface area (Å²) in [6.45, 7) is 0. The number of rotatable bonds is 5. The summed E-state index contributed by atoms with van der Waals surface area (Å²) in [4.78, 5) is 27.8. The molecular weight excluding hydrogens is 366 g/mol. The van der Waals surface area contributed by atoms with Crippen LogP contribution in [0.25, 0.3) is 22.7 Å². The van der Waals surface area contributed by atoms with Crippen molar-refractivity contribution in [2.75, 3.05) is 5.32 Å². The quantitative estimate of drug-likeness (QED) is 0.504. The molecule has 0 radical (unpaired) electrons. The standard InChI is InChI=1S/C23H17N3O3/c27-21-14-22(25-16-7-3-1-4-8-16)26(18-9-5-2-6-10-18)20-13-17(11-12-23(28)29)24-15-19(20)21/h1-15,25H,(H,28,29)/b12-11+. The molecule has 2 heterocycles. The molecule has 0 atom stereocenters. The molecule has 0 spiro atoms. The average Bonchev–Trinajstić information content (AvgIpc) is 2.73. The molecule has 0 saturated heterocycles. The number of hydrogen-bond donors (Lipinski definition) is 2. The van der Waals surface area contributed by atoms with Crippen LogP contribution in [0.3, 0.4) is 0 Å². The lowest BCUT2D eigenvalue weighted by molar-refractivity contribution is -0.131. The summed E-state index contributed by atoms with van der Waals surface area (Å²) in [5.74, 6) is -0.467. The zero-order chi connectivity index (χ0) is 20.2. The van der Waals surface area contributed by atoms with Gasteiger partial charge in [-0.15, -0.1) is 0 Å². The number of hydrogen-bond acceptors (Lipinski definition) is 4. The van der Waals surface area contributed by atoms with E-state index in [1.807, 2.05) is 65.2 Å². The molecule has 4 rings (SSSR count). The molecule has 0 amide bonds. The lowest BCUT2D eigenvalue weighted by Gasteiger charge is -2.18. The minimum absolute atomic E-state index is 0.174. The Hall–Kier alpha value is -4.19. The van der Waals surface area contributed by atoms with E-state index in [0.717, 1.165) is 17.5 Å². The Morgan fingerprint density at radius 1 is 1.00 bits per heavy atom. The normalized spacial score (nSPS) is 11.0. The summed E-state index contributed by atoms with van der Waals surface area (Å²) in [6.07, 6.45) is 3.90. The monoisotopic (exact) mass is 383 g/mol. The lowest BCUT2D eigenvalue weighted by Crippen LogP contribution is -2.13. The number of nitrogens with one attached hydrogen (secondary N) is 1. The van der Waals surface area contributed by atoms with E-state index in [0.29, 0.717) is 22.4 Å². The predicted octanol–water partition coefficient (Wildman–Crippen LogP) is 4.23. The van der Waals surface area contributed by atoms with Gasteiger partial charge in [-0.2, -0.15) is 0 Å². The summed E-state index contributed by atoms with van der Waals surface area (Å²) < 4.78 is 1.92. The maximum Gasteiger partial charge on any atom is 0.328 e. The van der Waals surface area contributed by atoms with Crippen LogP contribution < -0.4 is 10.7 Å². The van der Waals surface area contributed by atoms with E-state index in [1.165, 1.54) is 18.3 Å². The Balaban J connectivity index is 1.98. The molecule has 6 heteroatoms. The van der Waals surface area contributed by atoms with E-state index in [1.54, 1.807) is 6.07 Å². The van der Waals surface area contributed by atoms with Crippen LogP contribution in [0.2, 0.25) is 0 Å². The SMILES string of the molecule is O=C(O)/C=C/c1cc2c(cn1)c(=O)cc(Nc1ccccc1)n2-c1ccccc1. The van der Waals surface area contributed by atoms with Gasteiger partial charge in [0, 0.05) is 29.7 Å². The Morgan fingerprint density at radius 2 is 1.69 bits per heavy atom. The molecule has 2 N–H and O–H groups in total. The van der Waals surface area contributed by atoms with Crippen molar-refractivity contribution in [3.8, 4) is 5.69 Å². The molecule has 0 aliphatic heterocycles. The van der Waals surface area contributed by atoms with Crippen LogP contribution in [0, 0.1) is 0 Å². The molecule has 2 aromatic heterocycles. The molecule has 0 aliphatic carbocycles. The van der Waals surface area contributed by atoms with E-state index in [-0.39, 0.29) is 5.43 Å². The topological polar surface area (TPSA) is 84.2 Å². The van der Waals surface area contributed by atoms with Crippen LogP contribution in [0.5, 0.6) is 0 Å². The highest BCUT2D eigenvalue weighted by Gasteiger charge is 2.12. The molecule has 142 valence electrons. The van der Waals surface area contributed by atoms with E-state index in [9.17, 15) is 9.59 Å². The number of para-hydroxylation sites is 2. The molecule has 0 aliphatic rings. The molecule has 0 bridgehead atoms. The Labute approximate surface area is 166 Å². The number of pyridine rings is 2. The highest BCUT2D eigenvalue weighted by atomic mass is 16.4. The second-order valence-electron chi connectivity index (χ2n) is 6.35. The number of carboxylic acid groups (broad SMARTS) is 1. The molecule has 29 heavy (non-hydrogen) atoms. The first-order chi connectivity index (χ1) is 14.1. The van der Waals surface area contributed by atoms with Crippen molar-refractivity contribution in [3.05, 3.63) is 101 Å². The first-order valence-electron chi connectivity index (χ1n) is 8.96. The smallest absolute Gasteiger partial charge is 0.328 e. The van der Waals surface area contributed by atoms with Gasteiger partial charge in [-0.25, -0.2) is 4.79 Å². The van der Waals surface area contributed by atoms with Gasteiger partial charge >= 0.3 is 5.97 Å². The predicted molar refractivity (Wildman–Crippen MR) is 114 cm³/mol. The third-order valence-corrected chi connectivity index (χ3v) is 4.38. The molecular formula is C23H17N3O3. The van der Waals surface area contributed by atoms with Gasteiger partial charge in [-0.1, -0.05) is 36.4 Å². The zero-order valence-electron chi connectivity index (χ0n) is 15.3. The number of aromatic nitrogens is 2.